The van der Waals surface area contributed by atoms with Crippen molar-refractivity contribution in [3.63, 3.8) is 0 Å². The standard InChI is InChI=1S/C15H24ClN3O/c1-3-9-19-14(20)13(16)12(10-18-19)17-11-15(2)7-5-4-6-8-15/h10,17H,3-9,11H2,1-2H3. The van der Waals surface area contributed by atoms with Gasteiger partial charge in [0.25, 0.3) is 5.56 Å². The molecule has 1 fully saturated rings. The first-order valence-electron chi connectivity index (χ1n) is 7.55. The van der Waals surface area contributed by atoms with E-state index >= 15 is 0 Å². The molecule has 1 heterocycles. The number of nitrogens with one attached hydrogen (secondary N) is 1. The van der Waals surface area contributed by atoms with E-state index in [0.717, 1.165) is 13.0 Å². The molecule has 0 aliphatic heterocycles. The van der Waals surface area contributed by atoms with E-state index in [1.807, 2.05) is 6.92 Å². The average molecular weight is 298 g/mol. The number of nitrogens with zero attached hydrogens (tertiary/aromatic N) is 2. The van der Waals surface area contributed by atoms with Crippen molar-refractivity contribution < 1.29 is 0 Å². The van der Waals surface area contributed by atoms with Crippen molar-refractivity contribution in [1.82, 2.24) is 9.78 Å². The van der Waals surface area contributed by atoms with Gasteiger partial charge in [-0.1, -0.05) is 44.7 Å². The Morgan fingerprint density at radius 1 is 1.40 bits per heavy atom. The minimum Gasteiger partial charge on any atom is -0.382 e. The predicted octanol–water partition coefficient (Wildman–Crippen LogP) is 3.69. The number of aromatic nitrogens is 2. The lowest BCUT2D eigenvalue weighted by Crippen LogP contribution is -2.30. The van der Waals surface area contributed by atoms with Crippen LogP contribution >= 0.6 is 11.6 Å². The number of hydrogen-bond acceptors (Lipinski definition) is 3. The third-order valence-electron chi connectivity index (χ3n) is 4.19. The quantitative estimate of drug-likeness (QED) is 0.901. The molecule has 0 bridgehead atoms. The zero-order valence-corrected chi connectivity index (χ0v) is 13.2. The smallest absolute Gasteiger partial charge is 0.287 e. The molecule has 5 heteroatoms. The molecule has 4 nitrogen and oxygen atoms in total. The van der Waals surface area contributed by atoms with Crippen molar-refractivity contribution in [2.24, 2.45) is 5.41 Å². The summed E-state index contributed by atoms with van der Waals surface area (Å²) in [6, 6.07) is 0. The summed E-state index contributed by atoms with van der Waals surface area (Å²) in [6.45, 7) is 5.78. The van der Waals surface area contributed by atoms with Gasteiger partial charge in [-0.2, -0.15) is 5.10 Å². The highest BCUT2D eigenvalue weighted by Gasteiger charge is 2.26. The fourth-order valence-electron chi connectivity index (χ4n) is 2.85. The maximum absolute atomic E-state index is 12.0. The second-order valence-electron chi connectivity index (χ2n) is 6.13. The zero-order chi connectivity index (χ0) is 14.6. The summed E-state index contributed by atoms with van der Waals surface area (Å²) < 4.78 is 1.43. The molecule has 0 radical (unpaired) electrons. The third-order valence-corrected chi connectivity index (χ3v) is 4.55. The number of rotatable bonds is 5. The van der Waals surface area contributed by atoms with Gasteiger partial charge in [0, 0.05) is 13.1 Å². The molecule has 1 saturated carbocycles. The van der Waals surface area contributed by atoms with Crippen LogP contribution < -0.4 is 10.9 Å². The van der Waals surface area contributed by atoms with Crippen LogP contribution in [0.4, 0.5) is 5.69 Å². The Balaban J connectivity index is 2.06. The van der Waals surface area contributed by atoms with E-state index in [2.05, 4.69) is 17.3 Å². The van der Waals surface area contributed by atoms with Gasteiger partial charge < -0.3 is 5.32 Å². The minimum atomic E-state index is -0.202. The maximum Gasteiger partial charge on any atom is 0.287 e. The van der Waals surface area contributed by atoms with Crippen LogP contribution in [0.1, 0.15) is 52.4 Å². The summed E-state index contributed by atoms with van der Waals surface area (Å²) in [5.74, 6) is 0. The summed E-state index contributed by atoms with van der Waals surface area (Å²) in [4.78, 5) is 12.0. The van der Waals surface area contributed by atoms with Crippen LogP contribution in [0.2, 0.25) is 5.02 Å². The predicted molar refractivity (Wildman–Crippen MR) is 83.5 cm³/mol. The SMILES string of the molecule is CCCn1ncc(NCC2(C)CCCCC2)c(Cl)c1=O. The molecule has 1 aromatic rings. The molecule has 20 heavy (non-hydrogen) atoms. The Morgan fingerprint density at radius 2 is 2.10 bits per heavy atom. The Labute approximate surface area is 125 Å². The van der Waals surface area contributed by atoms with Crippen molar-refractivity contribution in [3.05, 3.63) is 21.6 Å². The van der Waals surface area contributed by atoms with Crippen LogP contribution in [-0.4, -0.2) is 16.3 Å². The van der Waals surface area contributed by atoms with Crippen molar-refractivity contribution in [2.75, 3.05) is 11.9 Å². The fourth-order valence-corrected chi connectivity index (χ4v) is 3.06. The molecule has 0 aromatic carbocycles. The van der Waals surface area contributed by atoms with Crippen LogP contribution in [0.3, 0.4) is 0 Å². The fraction of sp³-hybridized carbons (Fsp3) is 0.733. The van der Waals surface area contributed by atoms with Gasteiger partial charge >= 0.3 is 0 Å². The van der Waals surface area contributed by atoms with E-state index in [4.69, 9.17) is 11.6 Å². The van der Waals surface area contributed by atoms with Gasteiger partial charge in [-0.05, 0) is 24.7 Å². The summed E-state index contributed by atoms with van der Waals surface area (Å²) in [6.07, 6.45) is 8.94. The number of anilines is 1. The Kier molecular flexibility index (Phi) is 5.08. The number of halogens is 1. The molecule has 0 spiro atoms. The first kappa shape index (κ1) is 15.4. The molecule has 0 amide bonds. The van der Waals surface area contributed by atoms with Crippen LogP contribution in [-0.2, 0) is 6.54 Å². The third kappa shape index (κ3) is 3.54. The van der Waals surface area contributed by atoms with Gasteiger partial charge in [0.1, 0.15) is 5.02 Å². The highest BCUT2D eigenvalue weighted by Crippen LogP contribution is 2.36. The zero-order valence-electron chi connectivity index (χ0n) is 12.4. The van der Waals surface area contributed by atoms with Crippen molar-refractivity contribution in [3.8, 4) is 0 Å². The van der Waals surface area contributed by atoms with E-state index < -0.39 is 0 Å². The molecular formula is C15H24ClN3O. The Morgan fingerprint density at radius 3 is 2.75 bits per heavy atom. The van der Waals surface area contributed by atoms with E-state index in [-0.39, 0.29) is 10.6 Å². The molecule has 2 rings (SSSR count). The van der Waals surface area contributed by atoms with Crippen LogP contribution in [0.5, 0.6) is 0 Å². The lowest BCUT2D eigenvalue weighted by atomic mass is 9.76. The van der Waals surface area contributed by atoms with Gasteiger partial charge in [0.2, 0.25) is 0 Å². The van der Waals surface area contributed by atoms with E-state index in [0.29, 0.717) is 17.6 Å². The molecule has 1 N–H and O–H groups in total. The second-order valence-corrected chi connectivity index (χ2v) is 6.50. The highest BCUT2D eigenvalue weighted by molar-refractivity contribution is 6.32. The number of aryl methyl sites for hydroxylation is 1. The van der Waals surface area contributed by atoms with E-state index in [9.17, 15) is 4.79 Å². The van der Waals surface area contributed by atoms with Gasteiger partial charge in [0.05, 0.1) is 11.9 Å². The van der Waals surface area contributed by atoms with Crippen molar-refractivity contribution in [1.29, 1.82) is 0 Å². The van der Waals surface area contributed by atoms with Crippen LogP contribution in [0.15, 0.2) is 11.0 Å². The monoisotopic (exact) mass is 297 g/mol. The highest BCUT2D eigenvalue weighted by atomic mass is 35.5. The van der Waals surface area contributed by atoms with Crippen molar-refractivity contribution >= 4 is 17.3 Å². The molecule has 1 aliphatic carbocycles. The molecular weight excluding hydrogens is 274 g/mol. The van der Waals surface area contributed by atoms with Crippen molar-refractivity contribution in [2.45, 2.75) is 58.9 Å². The molecule has 0 unspecified atom stereocenters. The minimum absolute atomic E-state index is 0.202. The van der Waals surface area contributed by atoms with Crippen LogP contribution in [0.25, 0.3) is 0 Å². The maximum atomic E-state index is 12.0. The van der Waals surface area contributed by atoms with Gasteiger partial charge in [0.15, 0.2) is 0 Å². The molecule has 0 atom stereocenters. The molecule has 1 aromatic heterocycles. The lowest BCUT2D eigenvalue weighted by Gasteiger charge is -2.34. The Bertz CT molecular complexity index is 506. The lowest BCUT2D eigenvalue weighted by molar-refractivity contribution is 0.233. The second kappa shape index (κ2) is 6.61. The van der Waals surface area contributed by atoms with Crippen LogP contribution in [0, 0.1) is 5.41 Å². The topological polar surface area (TPSA) is 46.9 Å². The first-order chi connectivity index (χ1) is 9.56. The van der Waals surface area contributed by atoms with Gasteiger partial charge in [-0.15, -0.1) is 0 Å². The summed E-state index contributed by atoms with van der Waals surface area (Å²) in [5, 5.41) is 7.76. The first-order valence-corrected chi connectivity index (χ1v) is 7.93. The largest absolute Gasteiger partial charge is 0.382 e. The summed E-state index contributed by atoms with van der Waals surface area (Å²) >= 11 is 6.16. The van der Waals surface area contributed by atoms with Gasteiger partial charge in [-0.25, -0.2) is 4.68 Å². The molecule has 1 aliphatic rings. The van der Waals surface area contributed by atoms with Gasteiger partial charge in [-0.3, -0.25) is 4.79 Å². The summed E-state index contributed by atoms with van der Waals surface area (Å²) in [7, 11) is 0. The summed E-state index contributed by atoms with van der Waals surface area (Å²) in [5.41, 5.74) is 0.767. The molecule has 112 valence electrons. The number of hydrogen-bond donors (Lipinski definition) is 1. The Hall–Kier alpha value is -1.03. The normalized spacial score (nSPS) is 17.9. The average Bonchev–Trinajstić information content (AvgIpc) is 2.44. The van der Waals surface area contributed by atoms with E-state index in [1.165, 1.54) is 36.8 Å². The molecule has 0 saturated heterocycles. The van der Waals surface area contributed by atoms with E-state index in [1.54, 1.807) is 6.20 Å².